The minimum absolute atomic E-state index is 0.0164. The van der Waals surface area contributed by atoms with Crippen LogP contribution in [0.2, 0.25) is 0 Å². The van der Waals surface area contributed by atoms with E-state index in [1.165, 1.54) is 74.9 Å². The molecule has 6 heterocycles. The van der Waals surface area contributed by atoms with Crippen molar-refractivity contribution in [2.75, 3.05) is 80.2 Å². The second kappa shape index (κ2) is 37.0. The summed E-state index contributed by atoms with van der Waals surface area (Å²) in [6, 6.07) is 33.8. The molecule has 6 saturated heterocycles. The molecule has 32 heteroatoms. The van der Waals surface area contributed by atoms with Crippen molar-refractivity contribution in [1.82, 2.24) is 19.6 Å². The summed E-state index contributed by atoms with van der Waals surface area (Å²) in [4.78, 5) is 59.3. The lowest BCUT2D eigenvalue weighted by atomic mass is 10.0. The molecule has 0 saturated carbocycles. The Hall–Kier alpha value is -7.67. The number of hydroxylamine groups is 2. The van der Waals surface area contributed by atoms with Crippen molar-refractivity contribution in [2.24, 2.45) is 11.8 Å². The highest BCUT2D eigenvalue weighted by atomic mass is 32.2. The number of fused-ring (bicyclic) bond motifs is 2. The van der Waals surface area contributed by atoms with Crippen molar-refractivity contribution in [3.8, 4) is 17.2 Å². The fourth-order valence-corrected chi connectivity index (χ4v) is 14.2. The standard InChI is InChI=1S/C29H38N2O10S.C27H38N2O8S.C13H13NO7/c1-36-21-7-9-23(10-8-21)42(34,35)31(41-22-11-14-37-15-12-22)18-26(32)25(17-20-5-3-2-4-6-20)30-29(33)40-27-19-39-28-24(27)13-16-38-28;1-27(2,3)36-26(31)28-24(18-20-8-6-5-7-9-20)25(30)19-29(37-22-14-16-35-17-15-22)38(32,33)23-12-10-21(34-4)11-13-23;15-13(20-9-3-1-8(2-4-9)14(16)17)21-11-7-19-12-10(11)5-6-18-12/h2-10,22,24-28,32H,11-19H2,1H3,(H,30,33);5-13,22,24-25,30H,14-19H2,1-4H3,(H,28,31);1-4,10-12H,5-7H2/t24-,25-,26+,27?,28+;24-,25+;10-,11-,12+/m000/s1. The summed E-state index contributed by atoms with van der Waals surface area (Å²) < 4.78 is 121. The minimum Gasteiger partial charge on any atom is -0.497 e. The summed E-state index contributed by atoms with van der Waals surface area (Å²) >= 11 is 0. The van der Waals surface area contributed by atoms with E-state index in [0.29, 0.717) is 76.8 Å². The molecule has 552 valence electrons. The molecule has 10 atom stereocenters. The summed E-state index contributed by atoms with van der Waals surface area (Å²) in [7, 11) is -5.39. The molecule has 30 nitrogen and oxygen atoms in total. The van der Waals surface area contributed by atoms with Crippen molar-refractivity contribution in [2.45, 2.75) is 149 Å². The first-order valence-electron chi connectivity index (χ1n) is 33.3. The van der Waals surface area contributed by atoms with Crippen LogP contribution in [0.3, 0.4) is 0 Å². The molecule has 0 spiro atoms. The van der Waals surface area contributed by atoms with Gasteiger partial charge in [-0.1, -0.05) is 69.6 Å². The topological polar surface area (TPSA) is 363 Å². The first kappa shape index (κ1) is 77.5. The highest BCUT2D eigenvalue weighted by Gasteiger charge is 2.46. The number of rotatable bonds is 26. The maximum absolute atomic E-state index is 13.8. The van der Waals surface area contributed by atoms with Crippen molar-refractivity contribution < 1.29 is 113 Å². The van der Waals surface area contributed by atoms with E-state index in [9.17, 15) is 51.5 Å². The van der Waals surface area contributed by atoms with Crippen LogP contribution in [0.15, 0.2) is 143 Å². The molecule has 0 radical (unpaired) electrons. The number of nitrogens with one attached hydrogen (secondary N) is 2. The zero-order chi connectivity index (χ0) is 72.1. The van der Waals surface area contributed by atoms with E-state index < -0.39 is 105 Å². The van der Waals surface area contributed by atoms with Crippen LogP contribution >= 0.6 is 0 Å². The second-order valence-corrected chi connectivity index (χ2v) is 29.1. The van der Waals surface area contributed by atoms with Crippen LogP contribution in [0.5, 0.6) is 17.2 Å². The molecule has 2 amide bonds. The predicted molar refractivity (Wildman–Crippen MR) is 358 cm³/mol. The van der Waals surface area contributed by atoms with E-state index in [2.05, 4.69) is 10.6 Å². The fourth-order valence-electron chi connectivity index (χ4n) is 11.6. The quantitative estimate of drug-likeness (QED) is 0.0137. The van der Waals surface area contributed by atoms with E-state index in [1.807, 2.05) is 60.7 Å². The number of nitro groups is 1. The highest BCUT2D eigenvalue weighted by molar-refractivity contribution is 7.89. The number of benzene rings is 5. The van der Waals surface area contributed by atoms with Gasteiger partial charge in [-0.25, -0.2) is 31.2 Å². The first-order chi connectivity index (χ1) is 48.4. The summed E-state index contributed by atoms with van der Waals surface area (Å²) in [6.07, 6.45) is -3.38. The maximum atomic E-state index is 13.8. The number of amides is 2. The average molecular weight is 1450 g/mol. The lowest BCUT2D eigenvalue weighted by Gasteiger charge is -2.32. The number of hydrogen-bond acceptors (Lipinski definition) is 25. The van der Waals surface area contributed by atoms with E-state index in [0.717, 1.165) is 32.9 Å². The number of alkyl carbamates (subject to hydrolysis) is 2. The number of methoxy groups -OCH3 is 2. The van der Waals surface area contributed by atoms with Crippen LogP contribution in [0.1, 0.15) is 70.4 Å². The highest BCUT2D eigenvalue weighted by Crippen LogP contribution is 2.35. The van der Waals surface area contributed by atoms with Crippen LogP contribution < -0.4 is 24.8 Å². The lowest BCUT2D eigenvalue weighted by Crippen LogP contribution is -2.52. The molecule has 11 rings (SSSR count). The van der Waals surface area contributed by atoms with Gasteiger partial charge in [-0.15, -0.1) is 0 Å². The Morgan fingerprint density at radius 2 is 0.960 bits per heavy atom. The van der Waals surface area contributed by atoms with E-state index in [-0.39, 0.29) is 77.8 Å². The molecule has 0 aliphatic carbocycles. The Morgan fingerprint density at radius 3 is 1.37 bits per heavy atom. The Bertz CT molecular complexity index is 3650. The molecule has 101 heavy (non-hydrogen) atoms. The van der Waals surface area contributed by atoms with Crippen molar-refractivity contribution in [3.63, 3.8) is 0 Å². The van der Waals surface area contributed by atoms with Gasteiger partial charge in [-0.05, 0) is 144 Å². The van der Waals surface area contributed by atoms with Gasteiger partial charge in [0.15, 0.2) is 12.6 Å². The summed E-state index contributed by atoms with van der Waals surface area (Å²) in [5.74, 6) is 1.18. The molecule has 0 aromatic heterocycles. The zero-order valence-electron chi connectivity index (χ0n) is 56.8. The van der Waals surface area contributed by atoms with Crippen LogP contribution in [-0.4, -0.2) is 206 Å². The normalized spacial score (nSPS) is 22.0. The third-order valence-corrected chi connectivity index (χ3v) is 20.3. The number of nitro benzene ring substituents is 1. The number of ether oxygens (including phenoxy) is 12. The second-order valence-electron chi connectivity index (χ2n) is 25.4. The third-order valence-electron chi connectivity index (χ3n) is 17.0. The molecule has 6 aliphatic heterocycles. The van der Waals surface area contributed by atoms with Gasteiger partial charge >= 0.3 is 18.3 Å². The Labute approximate surface area is 586 Å². The summed E-state index contributed by atoms with van der Waals surface area (Å²) in [5, 5.41) is 38.8. The number of sulfonamides is 2. The number of nitrogens with zero attached hydrogens (tertiary/aromatic N) is 3. The lowest BCUT2D eigenvalue weighted by molar-refractivity contribution is -0.384. The number of aliphatic hydroxyl groups is 2. The van der Waals surface area contributed by atoms with E-state index >= 15 is 0 Å². The SMILES string of the molecule is COc1ccc(S(=O)(=O)N(C[C@@H](O)[C@H](Cc2ccccc2)NC(=O)OC(C)(C)C)OC2CCOCC2)cc1.COc1ccc(S(=O)(=O)N(C[C@@H](O)[C@H](Cc2ccccc2)NC(=O)OC2CO[C@H]3OCC[C@@H]23)OC2CCOCC2)cc1.O=C(Oc1ccc([N+](=O)[O-])cc1)O[C@H]1CO[C@H]2OCC[C@H]21. The molecule has 5 aromatic rings. The Balaban J connectivity index is 0.000000186. The molecule has 5 aromatic carbocycles. The fraction of sp³-hybridized carbons (Fsp3) is 0.522. The number of aliphatic hydroxyl groups excluding tert-OH is 2. The van der Waals surface area contributed by atoms with Gasteiger partial charge in [0.05, 0.1) is 117 Å². The van der Waals surface area contributed by atoms with Crippen LogP contribution in [-0.2, 0) is 85.2 Å². The molecular formula is C69H89N5O25S2. The Kier molecular flexibility index (Phi) is 28.4. The largest absolute Gasteiger partial charge is 0.514 e. The van der Waals surface area contributed by atoms with E-state index in [1.54, 1.807) is 32.9 Å². The van der Waals surface area contributed by atoms with Crippen molar-refractivity contribution in [1.29, 1.82) is 0 Å². The third kappa shape index (κ3) is 22.9. The van der Waals surface area contributed by atoms with Crippen LogP contribution in [0.4, 0.5) is 20.1 Å². The zero-order valence-corrected chi connectivity index (χ0v) is 58.4. The summed E-state index contributed by atoms with van der Waals surface area (Å²) in [5.41, 5.74) is 0.862. The number of non-ortho nitro benzene ring substituents is 1. The summed E-state index contributed by atoms with van der Waals surface area (Å²) in [6.45, 7) is 7.75. The maximum Gasteiger partial charge on any atom is 0.514 e. The molecular weight excluding hydrogens is 1360 g/mol. The smallest absolute Gasteiger partial charge is 0.497 e. The molecule has 6 fully saturated rings. The van der Waals surface area contributed by atoms with Gasteiger partial charge in [-0.2, -0.15) is 0 Å². The average Bonchev–Trinajstić information content (AvgIpc) is 0.956. The minimum atomic E-state index is -4.20. The van der Waals surface area contributed by atoms with Gasteiger partial charge < -0.3 is 77.7 Å². The number of carbonyl (C=O) groups excluding carboxylic acids is 3. The Morgan fingerprint density at radius 1 is 0.554 bits per heavy atom. The van der Waals surface area contributed by atoms with Crippen molar-refractivity contribution >= 4 is 44.1 Å². The monoisotopic (exact) mass is 1450 g/mol. The number of hydrogen-bond donors (Lipinski definition) is 4. The molecule has 1 unspecified atom stereocenters. The van der Waals surface area contributed by atoms with Gasteiger partial charge in [0.25, 0.3) is 25.7 Å². The van der Waals surface area contributed by atoms with Gasteiger partial charge in [-0.3, -0.25) is 19.8 Å². The van der Waals surface area contributed by atoms with Gasteiger partial charge in [0.2, 0.25) is 0 Å². The number of carbonyl (C=O) groups is 3. The molecule has 0 bridgehead atoms. The van der Waals surface area contributed by atoms with Gasteiger partial charge in [0, 0.05) is 38.6 Å². The van der Waals surface area contributed by atoms with Gasteiger partial charge in [0.1, 0.15) is 35.1 Å². The van der Waals surface area contributed by atoms with E-state index in [4.69, 9.17) is 66.5 Å². The predicted octanol–water partition coefficient (Wildman–Crippen LogP) is 7.42. The van der Waals surface area contributed by atoms with Crippen LogP contribution in [0, 0.1) is 22.0 Å². The first-order valence-corrected chi connectivity index (χ1v) is 36.1. The molecule has 4 N–H and O–H groups in total. The van der Waals surface area contributed by atoms with Crippen LogP contribution in [0.25, 0.3) is 0 Å². The molecule has 6 aliphatic rings. The van der Waals surface area contributed by atoms with Crippen molar-refractivity contribution in [3.05, 3.63) is 155 Å².